The Morgan fingerprint density at radius 2 is 1.74 bits per heavy atom. The maximum atomic E-state index is 10.2. The van der Waals surface area contributed by atoms with Crippen molar-refractivity contribution in [3.63, 3.8) is 0 Å². The fourth-order valence-corrected chi connectivity index (χ4v) is 3.80. The third-order valence-electron chi connectivity index (χ3n) is 5.54. The molecular weight excluding hydrogens is 386 g/mol. The summed E-state index contributed by atoms with van der Waals surface area (Å²) in [7, 11) is 0. The summed E-state index contributed by atoms with van der Waals surface area (Å²) in [6.45, 7) is 10.2. The number of anilines is 1. The first kappa shape index (κ1) is 25.1. The van der Waals surface area contributed by atoms with E-state index in [-0.39, 0.29) is 6.10 Å². The van der Waals surface area contributed by atoms with Crippen molar-refractivity contribution in [3.05, 3.63) is 77.1 Å². The summed E-state index contributed by atoms with van der Waals surface area (Å²) in [5.74, 6) is 0. The lowest BCUT2D eigenvalue weighted by atomic mass is 9.93. The molecule has 1 unspecified atom stereocenters. The van der Waals surface area contributed by atoms with Crippen LogP contribution in [0.1, 0.15) is 72.0 Å². The van der Waals surface area contributed by atoms with E-state index in [9.17, 15) is 10.2 Å². The molecule has 1 saturated heterocycles. The molecule has 1 aliphatic carbocycles. The third-order valence-corrected chi connectivity index (χ3v) is 5.54. The number of aliphatic hydroxyl groups is 2. The molecular formula is C27H39NO3. The van der Waals surface area contributed by atoms with E-state index < -0.39 is 18.3 Å². The van der Waals surface area contributed by atoms with Gasteiger partial charge in [0.15, 0.2) is 0 Å². The summed E-state index contributed by atoms with van der Waals surface area (Å²) < 4.78 is 5.84. The first-order valence-electron chi connectivity index (χ1n) is 11.6. The predicted molar refractivity (Wildman–Crippen MR) is 130 cm³/mol. The van der Waals surface area contributed by atoms with Crippen molar-refractivity contribution < 1.29 is 14.9 Å². The summed E-state index contributed by atoms with van der Waals surface area (Å²) in [5.41, 5.74) is 5.85. The van der Waals surface area contributed by atoms with Crippen molar-refractivity contribution in [2.75, 3.05) is 5.32 Å². The van der Waals surface area contributed by atoms with E-state index in [2.05, 4.69) is 43.5 Å². The first-order chi connectivity index (χ1) is 15.0. The van der Waals surface area contributed by atoms with E-state index in [0.717, 1.165) is 30.5 Å². The molecule has 1 heterocycles. The van der Waals surface area contributed by atoms with E-state index >= 15 is 0 Å². The van der Waals surface area contributed by atoms with Crippen LogP contribution in [0.2, 0.25) is 0 Å². The highest BCUT2D eigenvalue weighted by molar-refractivity contribution is 5.48. The van der Waals surface area contributed by atoms with Gasteiger partial charge in [0.2, 0.25) is 0 Å². The lowest BCUT2D eigenvalue weighted by Gasteiger charge is -2.36. The van der Waals surface area contributed by atoms with Crippen LogP contribution in [0, 0.1) is 0 Å². The van der Waals surface area contributed by atoms with Gasteiger partial charge in [-0.2, -0.15) is 0 Å². The Bertz CT molecular complexity index is 804. The Kier molecular flexibility index (Phi) is 10.3. The van der Waals surface area contributed by atoms with Crippen molar-refractivity contribution in [1.29, 1.82) is 0 Å². The van der Waals surface area contributed by atoms with Crippen molar-refractivity contribution in [3.8, 4) is 0 Å². The smallest absolute Gasteiger partial charge is 0.111 e. The summed E-state index contributed by atoms with van der Waals surface area (Å²) in [5, 5.41) is 23.6. The third kappa shape index (κ3) is 7.49. The van der Waals surface area contributed by atoms with Crippen LogP contribution in [-0.4, -0.2) is 28.5 Å². The number of allylic oxidation sites excluding steroid dienone is 7. The average Bonchev–Trinajstić information content (AvgIpc) is 3.01. The normalized spacial score (nSPS) is 26.2. The van der Waals surface area contributed by atoms with Crippen LogP contribution < -0.4 is 5.32 Å². The second-order valence-electron chi connectivity index (χ2n) is 8.08. The summed E-state index contributed by atoms with van der Waals surface area (Å²) in [6, 6.07) is 7.84. The molecule has 3 N–H and O–H groups in total. The minimum atomic E-state index is -0.893. The van der Waals surface area contributed by atoms with Crippen molar-refractivity contribution in [1.82, 2.24) is 0 Å². The van der Waals surface area contributed by atoms with E-state index in [0.29, 0.717) is 6.42 Å². The minimum absolute atomic E-state index is 0.0715. The zero-order valence-corrected chi connectivity index (χ0v) is 19.6. The second kappa shape index (κ2) is 12.7. The first-order valence-corrected chi connectivity index (χ1v) is 11.6. The average molecular weight is 426 g/mol. The second-order valence-corrected chi connectivity index (χ2v) is 8.08. The van der Waals surface area contributed by atoms with Crippen LogP contribution in [0.5, 0.6) is 0 Å². The highest BCUT2D eigenvalue weighted by atomic mass is 16.5. The standard InChI is InChI=1S/C25H33NO3.C2H6/c1-4-19-6-5-7-20(9-8-19)14-17(2)16-26-22-12-10-21(11-13-22)25-24(28)23(27)15-18(3)29-25;1-2/h6-13,16,18,23-28H,4-5,14-15H2,1-3H3;1-2H3/b17-16+;/t18-,23+,24?,25+;/m1./s1. The lowest BCUT2D eigenvalue weighted by Crippen LogP contribution is -2.42. The highest BCUT2D eigenvalue weighted by Gasteiger charge is 2.35. The molecule has 4 heteroatoms. The molecule has 3 rings (SSSR count). The number of benzene rings is 1. The number of aliphatic hydroxyl groups excluding tert-OH is 2. The molecule has 0 radical (unpaired) electrons. The van der Waals surface area contributed by atoms with Crippen LogP contribution in [-0.2, 0) is 4.74 Å². The van der Waals surface area contributed by atoms with E-state index in [1.54, 1.807) is 0 Å². The molecule has 31 heavy (non-hydrogen) atoms. The van der Waals surface area contributed by atoms with Gasteiger partial charge in [0, 0.05) is 18.3 Å². The number of ether oxygens (including phenoxy) is 1. The number of hydrogen-bond donors (Lipinski definition) is 3. The Balaban J connectivity index is 0.00000166. The molecule has 1 aromatic rings. The van der Waals surface area contributed by atoms with Gasteiger partial charge in [-0.25, -0.2) is 0 Å². The summed E-state index contributed by atoms with van der Waals surface area (Å²) in [4.78, 5) is 0. The maximum absolute atomic E-state index is 10.2. The van der Waals surface area contributed by atoms with Gasteiger partial charge in [0.1, 0.15) is 12.2 Å². The Labute approximate surface area is 188 Å². The summed E-state index contributed by atoms with van der Waals surface area (Å²) >= 11 is 0. The molecule has 170 valence electrons. The van der Waals surface area contributed by atoms with Crippen LogP contribution in [0.25, 0.3) is 0 Å². The molecule has 0 bridgehead atoms. The fraction of sp³-hybridized carbons (Fsp3) is 0.481. The zero-order valence-electron chi connectivity index (χ0n) is 19.6. The molecule has 4 nitrogen and oxygen atoms in total. The topological polar surface area (TPSA) is 61.7 Å². The van der Waals surface area contributed by atoms with Gasteiger partial charge in [-0.3, -0.25) is 0 Å². The molecule has 2 aliphatic rings. The molecule has 1 aromatic carbocycles. The molecule has 0 saturated carbocycles. The quantitative estimate of drug-likeness (QED) is 0.507. The van der Waals surface area contributed by atoms with Gasteiger partial charge >= 0.3 is 0 Å². The van der Waals surface area contributed by atoms with Crippen LogP contribution >= 0.6 is 0 Å². The van der Waals surface area contributed by atoms with Gasteiger partial charge in [-0.05, 0) is 56.4 Å². The predicted octanol–water partition coefficient (Wildman–Crippen LogP) is 6.21. The van der Waals surface area contributed by atoms with E-state index in [1.165, 1.54) is 16.7 Å². The Morgan fingerprint density at radius 1 is 1.10 bits per heavy atom. The molecule has 0 spiro atoms. The maximum Gasteiger partial charge on any atom is 0.111 e. The van der Waals surface area contributed by atoms with Crippen molar-refractivity contribution in [2.24, 2.45) is 0 Å². The molecule has 1 aliphatic heterocycles. The Morgan fingerprint density at radius 3 is 2.42 bits per heavy atom. The van der Waals surface area contributed by atoms with Crippen LogP contribution in [0.15, 0.2) is 71.5 Å². The molecule has 0 aromatic heterocycles. The zero-order chi connectivity index (χ0) is 22.8. The largest absolute Gasteiger partial charge is 0.390 e. The minimum Gasteiger partial charge on any atom is -0.390 e. The van der Waals surface area contributed by atoms with Gasteiger partial charge in [0.05, 0.1) is 12.2 Å². The molecule has 4 atom stereocenters. The van der Waals surface area contributed by atoms with Crippen molar-refractivity contribution >= 4 is 5.69 Å². The van der Waals surface area contributed by atoms with E-state index in [4.69, 9.17) is 4.74 Å². The van der Waals surface area contributed by atoms with Gasteiger partial charge in [-0.15, -0.1) is 0 Å². The van der Waals surface area contributed by atoms with Crippen LogP contribution in [0.4, 0.5) is 5.69 Å². The highest BCUT2D eigenvalue weighted by Crippen LogP contribution is 2.32. The van der Waals surface area contributed by atoms with Crippen molar-refractivity contribution in [2.45, 2.75) is 84.7 Å². The van der Waals surface area contributed by atoms with E-state index in [1.807, 2.05) is 51.2 Å². The monoisotopic (exact) mass is 425 g/mol. The Hall–Kier alpha value is -2.14. The van der Waals surface area contributed by atoms with Crippen LogP contribution in [0.3, 0.4) is 0 Å². The number of hydrogen-bond acceptors (Lipinski definition) is 4. The molecule has 0 amide bonds. The van der Waals surface area contributed by atoms with Gasteiger partial charge in [0.25, 0.3) is 0 Å². The van der Waals surface area contributed by atoms with Gasteiger partial charge in [-0.1, -0.05) is 68.4 Å². The summed E-state index contributed by atoms with van der Waals surface area (Å²) in [6.07, 6.45) is 12.3. The van der Waals surface area contributed by atoms with Gasteiger partial charge < -0.3 is 20.3 Å². The fourth-order valence-electron chi connectivity index (χ4n) is 3.80. The lowest BCUT2D eigenvalue weighted by molar-refractivity contribution is -0.166. The number of rotatable bonds is 6. The number of nitrogens with one attached hydrogen (secondary N) is 1. The SMILES string of the molecule is CC.CCC1=CCC=C(C/C(C)=C/Nc2ccc([C@@H]3O[C@H](C)C[C@H](O)C3O)cc2)C=C1. The molecule has 1 fully saturated rings.